The minimum absolute atomic E-state index is 0.000903. The summed E-state index contributed by atoms with van der Waals surface area (Å²) in [7, 11) is -3.10. The summed E-state index contributed by atoms with van der Waals surface area (Å²) in [5.74, 6) is 0.797. The summed E-state index contributed by atoms with van der Waals surface area (Å²) in [6.45, 7) is 2.51. The van der Waals surface area contributed by atoms with Gasteiger partial charge in [0.05, 0.1) is 5.75 Å². The maximum Gasteiger partial charge on any atom is 0.211 e. The molecule has 1 rings (SSSR count). The average molecular weight is 282 g/mol. The van der Waals surface area contributed by atoms with E-state index in [1.54, 1.807) is 0 Å². The molecule has 0 amide bonds. The van der Waals surface area contributed by atoms with Crippen LogP contribution in [0.1, 0.15) is 51.9 Å². The number of nitrogens with one attached hydrogen (secondary N) is 1. The van der Waals surface area contributed by atoms with E-state index >= 15 is 0 Å². The predicted octanol–water partition coefficient (Wildman–Crippen LogP) is 2.90. The summed E-state index contributed by atoms with van der Waals surface area (Å²) < 4.78 is 26.2. The van der Waals surface area contributed by atoms with Gasteiger partial charge in [0.2, 0.25) is 10.0 Å². The standard InChI is InChI=1S/C12H24ClNO2S/c1-2-3-9-17(15,16)14-11-12(10-13)7-5-4-6-8-12/h14H,2-11H2,1H3. The van der Waals surface area contributed by atoms with Gasteiger partial charge in [-0.15, -0.1) is 11.6 Å². The van der Waals surface area contributed by atoms with E-state index in [-0.39, 0.29) is 11.2 Å². The van der Waals surface area contributed by atoms with Gasteiger partial charge in [-0.25, -0.2) is 13.1 Å². The molecule has 3 nitrogen and oxygen atoms in total. The van der Waals surface area contributed by atoms with Gasteiger partial charge in [0, 0.05) is 12.4 Å². The normalized spacial score (nSPS) is 20.4. The Bertz CT molecular complexity index is 310. The molecule has 0 aliphatic heterocycles. The van der Waals surface area contributed by atoms with Crippen molar-refractivity contribution in [2.24, 2.45) is 5.41 Å². The first-order valence-electron chi connectivity index (χ1n) is 6.57. The fraction of sp³-hybridized carbons (Fsp3) is 1.00. The van der Waals surface area contributed by atoms with E-state index in [9.17, 15) is 8.42 Å². The molecule has 0 aromatic rings. The zero-order chi connectivity index (χ0) is 12.8. The predicted molar refractivity (Wildman–Crippen MR) is 72.9 cm³/mol. The van der Waals surface area contributed by atoms with Gasteiger partial charge in [0.1, 0.15) is 0 Å². The van der Waals surface area contributed by atoms with Gasteiger partial charge >= 0.3 is 0 Å². The lowest BCUT2D eigenvalue weighted by atomic mass is 9.76. The van der Waals surface area contributed by atoms with Crippen molar-refractivity contribution in [1.82, 2.24) is 4.72 Å². The molecule has 1 saturated carbocycles. The highest BCUT2D eigenvalue weighted by molar-refractivity contribution is 7.89. The first-order valence-corrected chi connectivity index (χ1v) is 8.76. The molecule has 0 heterocycles. The lowest BCUT2D eigenvalue weighted by molar-refractivity contribution is 0.223. The molecule has 0 atom stereocenters. The number of hydrogen-bond acceptors (Lipinski definition) is 2. The molecule has 1 aliphatic rings. The van der Waals surface area contributed by atoms with Gasteiger partial charge in [-0.05, 0) is 24.7 Å². The third-order valence-electron chi connectivity index (χ3n) is 3.63. The molecular weight excluding hydrogens is 258 g/mol. The van der Waals surface area contributed by atoms with E-state index in [0.29, 0.717) is 12.4 Å². The zero-order valence-corrected chi connectivity index (χ0v) is 12.2. The second kappa shape index (κ2) is 6.95. The molecule has 17 heavy (non-hydrogen) atoms. The molecule has 0 saturated heterocycles. The summed E-state index contributed by atoms with van der Waals surface area (Å²) in [5.41, 5.74) is -0.000903. The van der Waals surface area contributed by atoms with Crippen LogP contribution in [0.15, 0.2) is 0 Å². The molecule has 1 N–H and O–H groups in total. The highest BCUT2D eigenvalue weighted by Gasteiger charge is 2.32. The Morgan fingerprint density at radius 1 is 1.24 bits per heavy atom. The molecule has 5 heteroatoms. The molecule has 0 unspecified atom stereocenters. The third-order valence-corrected chi connectivity index (χ3v) is 5.61. The molecule has 0 spiro atoms. The fourth-order valence-electron chi connectivity index (χ4n) is 2.33. The molecular formula is C12H24ClNO2S. The Morgan fingerprint density at radius 2 is 1.88 bits per heavy atom. The minimum Gasteiger partial charge on any atom is -0.215 e. The van der Waals surface area contributed by atoms with Gasteiger partial charge in [-0.2, -0.15) is 0 Å². The Balaban J connectivity index is 2.46. The second-order valence-electron chi connectivity index (χ2n) is 5.19. The molecule has 1 fully saturated rings. The largest absolute Gasteiger partial charge is 0.215 e. The van der Waals surface area contributed by atoms with Crippen molar-refractivity contribution in [2.75, 3.05) is 18.2 Å². The van der Waals surface area contributed by atoms with E-state index in [2.05, 4.69) is 4.72 Å². The van der Waals surface area contributed by atoms with Crippen molar-refractivity contribution in [3.05, 3.63) is 0 Å². The number of hydrogen-bond donors (Lipinski definition) is 1. The number of halogens is 1. The van der Waals surface area contributed by atoms with E-state index in [1.807, 2.05) is 6.92 Å². The first kappa shape index (κ1) is 15.3. The van der Waals surface area contributed by atoms with Crippen LogP contribution in [0, 0.1) is 5.41 Å². The van der Waals surface area contributed by atoms with Gasteiger partial charge < -0.3 is 0 Å². The number of sulfonamides is 1. The Morgan fingerprint density at radius 3 is 2.41 bits per heavy atom. The lowest BCUT2D eigenvalue weighted by Crippen LogP contribution is -2.41. The molecule has 102 valence electrons. The van der Waals surface area contributed by atoms with Crippen molar-refractivity contribution in [3.63, 3.8) is 0 Å². The van der Waals surface area contributed by atoms with Crippen LogP contribution in [0.2, 0.25) is 0 Å². The fourth-order valence-corrected chi connectivity index (χ4v) is 4.03. The molecule has 0 bridgehead atoms. The highest BCUT2D eigenvalue weighted by Crippen LogP contribution is 2.36. The van der Waals surface area contributed by atoms with Crippen LogP contribution in [-0.2, 0) is 10.0 Å². The van der Waals surface area contributed by atoms with Crippen LogP contribution in [0.4, 0.5) is 0 Å². The number of unbranched alkanes of at least 4 members (excludes halogenated alkanes) is 1. The minimum atomic E-state index is -3.10. The first-order chi connectivity index (χ1) is 8.04. The topological polar surface area (TPSA) is 46.2 Å². The number of alkyl halides is 1. The van der Waals surface area contributed by atoms with Crippen molar-refractivity contribution >= 4 is 21.6 Å². The highest BCUT2D eigenvalue weighted by atomic mass is 35.5. The number of rotatable bonds is 7. The third kappa shape index (κ3) is 5.14. The van der Waals surface area contributed by atoms with Crippen molar-refractivity contribution in [2.45, 2.75) is 51.9 Å². The van der Waals surface area contributed by atoms with E-state index in [4.69, 9.17) is 11.6 Å². The van der Waals surface area contributed by atoms with Crippen LogP contribution in [-0.4, -0.2) is 26.6 Å². The van der Waals surface area contributed by atoms with Crippen LogP contribution < -0.4 is 4.72 Å². The summed E-state index contributed by atoms with van der Waals surface area (Å²) in [5, 5.41) is 0. The SMILES string of the molecule is CCCCS(=O)(=O)NCC1(CCl)CCCCC1. The van der Waals surface area contributed by atoms with Gasteiger partial charge in [0.25, 0.3) is 0 Å². The van der Waals surface area contributed by atoms with Crippen molar-refractivity contribution < 1.29 is 8.42 Å². The Hall–Kier alpha value is 0.200. The van der Waals surface area contributed by atoms with E-state index in [1.165, 1.54) is 19.3 Å². The van der Waals surface area contributed by atoms with Crippen molar-refractivity contribution in [1.29, 1.82) is 0 Å². The van der Waals surface area contributed by atoms with Crippen LogP contribution in [0.3, 0.4) is 0 Å². The lowest BCUT2D eigenvalue weighted by Gasteiger charge is -2.35. The summed E-state index contributed by atoms with van der Waals surface area (Å²) in [4.78, 5) is 0. The smallest absolute Gasteiger partial charge is 0.211 e. The zero-order valence-electron chi connectivity index (χ0n) is 10.7. The average Bonchev–Trinajstić information content (AvgIpc) is 2.35. The second-order valence-corrected chi connectivity index (χ2v) is 7.38. The summed E-state index contributed by atoms with van der Waals surface area (Å²) in [6.07, 6.45) is 7.32. The quantitative estimate of drug-likeness (QED) is 0.730. The van der Waals surface area contributed by atoms with Crippen LogP contribution in [0.5, 0.6) is 0 Å². The van der Waals surface area contributed by atoms with Crippen LogP contribution >= 0.6 is 11.6 Å². The molecule has 0 aromatic carbocycles. The van der Waals surface area contributed by atoms with Crippen LogP contribution in [0.25, 0.3) is 0 Å². The Labute approximate surface area is 110 Å². The van der Waals surface area contributed by atoms with Gasteiger partial charge in [-0.3, -0.25) is 0 Å². The van der Waals surface area contributed by atoms with Gasteiger partial charge in [0.15, 0.2) is 0 Å². The Kier molecular flexibility index (Phi) is 6.24. The van der Waals surface area contributed by atoms with Crippen molar-refractivity contribution in [3.8, 4) is 0 Å². The molecule has 1 aliphatic carbocycles. The summed E-state index contributed by atoms with van der Waals surface area (Å²) in [6, 6.07) is 0. The van der Waals surface area contributed by atoms with E-state index < -0.39 is 10.0 Å². The molecule has 0 aromatic heterocycles. The van der Waals surface area contributed by atoms with Gasteiger partial charge in [-0.1, -0.05) is 32.6 Å². The van der Waals surface area contributed by atoms with E-state index in [0.717, 1.165) is 25.7 Å². The maximum absolute atomic E-state index is 11.7. The maximum atomic E-state index is 11.7. The summed E-state index contributed by atoms with van der Waals surface area (Å²) >= 11 is 6.04. The molecule has 0 radical (unpaired) electrons. The monoisotopic (exact) mass is 281 g/mol.